The lowest BCUT2D eigenvalue weighted by Crippen LogP contribution is -2.45. The van der Waals surface area contributed by atoms with Crippen LogP contribution in [0.15, 0.2) is 0 Å². The Kier molecular flexibility index (Phi) is 4.89. The molecular formula is C12H23N3OS. The highest BCUT2D eigenvalue weighted by molar-refractivity contribution is 7.80. The zero-order valence-electron chi connectivity index (χ0n) is 11.0. The number of thiocarbonyl (C=S) groups is 1. The molecule has 0 aromatic heterocycles. The molecule has 4 nitrogen and oxygen atoms in total. The highest BCUT2D eigenvalue weighted by Gasteiger charge is 2.29. The molecule has 0 saturated carbocycles. The van der Waals surface area contributed by atoms with E-state index in [2.05, 4.69) is 24.2 Å². The third-order valence-corrected chi connectivity index (χ3v) is 4.06. The molecule has 1 amide bonds. The number of likely N-dealkylation sites (tertiary alicyclic amines) is 1. The first-order chi connectivity index (χ1) is 7.84. The summed E-state index contributed by atoms with van der Waals surface area (Å²) in [6.07, 6.45) is 2.23. The average molecular weight is 257 g/mol. The fourth-order valence-electron chi connectivity index (χ4n) is 1.92. The van der Waals surface area contributed by atoms with Crippen molar-refractivity contribution in [3.63, 3.8) is 0 Å². The Bertz CT molecular complexity index is 298. The second-order valence-electron chi connectivity index (χ2n) is 5.46. The van der Waals surface area contributed by atoms with Gasteiger partial charge in [0.2, 0.25) is 5.91 Å². The number of amides is 1. The van der Waals surface area contributed by atoms with Crippen LogP contribution in [0.2, 0.25) is 0 Å². The first-order valence-electron chi connectivity index (χ1n) is 6.10. The van der Waals surface area contributed by atoms with Crippen LogP contribution in [0.1, 0.15) is 26.7 Å². The van der Waals surface area contributed by atoms with Crippen molar-refractivity contribution in [2.45, 2.75) is 26.7 Å². The van der Waals surface area contributed by atoms with Gasteiger partial charge in [-0.1, -0.05) is 19.1 Å². The molecule has 1 unspecified atom stereocenters. The molecule has 1 atom stereocenters. The Morgan fingerprint density at radius 3 is 2.53 bits per heavy atom. The van der Waals surface area contributed by atoms with Crippen molar-refractivity contribution < 1.29 is 4.79 Å². The Morgan fingerprint density at radius 2 is 2.06 bits per heavy atom. The first kappa shape index (κ1) is 14.4. The van der Waals surface area contributed by atoms with Crippen LogP contribution in [0.3, 0.4) is 0 Å². The average Bonchev–Trinajstić information content (AvgIpc) is 2.29. The monoisotopic (exact) mass is 257 g/mol. The van der Waals surface area contributed by atoms with Gasteiger partial charge in [-0.05, 0) is 45.3 Å². The summed E-state index contributed by atoms with van der Waals surface area (Å²) in [5, 5.41) is 2.96. The second kappa shape index (κ2) is 5.78. The van der Waals surface area contributed by atoms with Crippen molar-refractivity contribution >= 4 is 23.1 Å². The van der Waals surface area contributed by atoms with Gasteiger partial charge in [0, 0.05) is 6.54 Å². The lowest BCUT2D eigenvalue weighted by molar-refractivity contribution is -0.123. The van der Waals surface area contributed by atoms with Crippen LogP contribution in [0.25, 0.3) is 0 Å². The van der Waals surface area contributed by atoms with E-state index in [-0.39, 0.29) is 22.2 Å². The van der Waals surface area contributed by atoms with Gasteiger partial charge in [-0.25, -0.2) is 0 Å². The van der Waals surface area contributed by atoms with Gasteiger partial charge in [0.05, 0.1) is 10.9 Å². The molecule has 1 fully saturated rings. The number of piperidine rings is 1. The van der Waals surface area contributed by atoms with Crippen molar-refractivity contribution in [3.05, 3.63) is 0 Å². The highest BCUT2D eigenvalue weighted by atomic mass is 32.1. The molecule has 17 heavy (non-hydrogen) atoms. The molecule has 0 aromatic rings. The van der Waals surface area contributed by atoms with Crippen LogP contribution in [0, 0.1) is 11.3 Å². The number of nitrogens with two attached hydrogens (primary N) is 1. The summed E-state index contributed by atoms with van der Waals surface area (Å²) in [6.45, 7) is 6.88. The standard InChI is InChI=1S/C12H23N3OS/c1-9(10(13)17)11(16)14-8-12(2)4-6-15(3)7-5-12/h9H,4-8H2,1-3H3,(H2,13,17)(H,14,16). The summed E-state index contributed by atoms with van der Waals surface area (Å²) in [5.41, 5.74) is 5.67. The lowest BCUT2D eigenvalue weighted by atomic mass is 9.80. The van der Waals surface area contributed by atoms with E-state index in [0.717, 1.165) is 25.9 Å². The largest absolute Gasteiger partial charge is 0.393 e. The molecule has 1 heterocycles. The van der Waals surface area contributed by atoms with Crippen LogP contribution in [-0.4, -0.2) is 42.5 Å². The molecule has 1 saturated heterocycles. The van der Waals surface area contributed by atoms with E-state index in [1.807, 2.05) is 0 Å². The van der Waals surface area contributed by atoms with Crippen LogP contribution in [-0.2, 0) is 4.79 Å². The van der Waals surface area contributed by atoms with Crippen LogP contribution < -0.4 is 11.1 Å². The number of hydrogen-bond donors (Lipinski definition) is 2. The van der Waals surface area contributed by atoms with Gasteiger partial charge in [-0.3, -0.25) is 4.79 Å². The fourth-order valence-corrected chi connectivity index (χ4v) is 2.02. The summed E-state index contributed by atoms with van der Waals surface area (Å²) in [6, 6.07) is 0. The quantitative estimate of drug-likeness (QED) is 0.730. The molecule has 0 spiro atoms. The number of hydrogen-bond acceptors (Lipinski definition) is 3. The molecule has 0 radical (unpaired) electrons. The summed E-state index contributed by atoms with van der Waals surface area (Å²) in [5.74, 6) is -0.433. The van der Waals surface area contributed by atoms with Crippen molar-refractivity contribution in [2.75, 3.05) is 26.7 Å². The van der Waals surface area contributed by atoms with Crippen molar-refractivity contribution in [1.82, 2.24) is 10.2 Å². The molecule has 0 aliphatic carbocycles. The smallest absolute Gasteiger partial charge is 0.229 e. The maximum absolute atomic E-state index is 11.7. The third kappa shape index (κ3) is 4.24. The molecular weight excluding hydrogens is 234 g/mol. The molecule has 1 rings (SSSR count). The molecule has 1 aliphatic heterocycles. The maximum Gasteiger partial charge on any atom is 0.229 e. The number of carbonyl (C=O) groups is 1. The predicted molar refractivity (Wildman–Crippen MR) is 73.8 cm³/mol. The highest BCUT2D eigenvalue weighted by Crippen LogP contribution is 2.29. The molecule has 0 aromatic carbocycles. The third-order valence-electron chi connectivity index (χ3n) is 3.70. The zero-order valence-corrected chi connectivity index (χ0v) is 11.8. The van der Waals surface area contributed by atoms with E-state index in [1.165, 1.54) is 0 Å². The van der Waals surface area contributed by atoms with Gasteiger partial charge in [0.15, 0.2) is 0 Å². The van der Waals surface area contributed by atoms with Gasteiger partial charge in [0.1, 0.15) is 0 Å². The molecule has 5 heteroatoms. The fraction of sp³-hybridized carbons (Fsp3) is 0.833. The summed E-state index contributed by atoms with van der Waals surface area (Å²) < 4.78 is 0. The number of nitrogens with zero attached hydrogens (tertiary/aromatic N) is 1. The Balaban J connectivity index is 2.40. The van der Waals surface area contributed by atoms with Crippen LogP contribution >= 0.6 is 12.2 Å². The van der Waals surface area contributed by atoms with E-state index >= 15 is 0 Å². The molecule has 0 bridgehead atoms. The minimum atomic E-state index is -0.375. The van der Waals surface area contributed by atoms with Gasteiger partial charge in [-0.15, -0.1) is 0 Å². The van der Waals surface area contributed by atoms with E-state index in [9.17, 15) is 4.79 Å². The van der Waals surface area contributed by atoms with Gasteiger partial charge < -0.3 is 16.0 Å². The second-order valence-corrected chi connectivity index (χ2v) is 5.93. The van der Waals surface area contributed by atoms with Gasteiger partial charge in [-0.2, -0.15) is 0 Å². The van der Waals surface area contributed by atoms with E-state index in [1.54, 1.807) is 6.92 Å². The molecule has 1 aliphatic rings. The Morgan fingerprint density at radius 1 is 1.53 bits per heavy atom. The van der Waals surface area contributed by atoms with Crippen molar-refractivity contribution in [1.29, 1.82) is 0 Å². The minimum absolute atomic E-state index is 0.0577. The summed E-state index contributed by atoms with van der Waals surface area (Å²) in [7, 11) is 2.13. The normalized spacial score (nSPS) is 21.8. The van der Waals surface area contributed by atoms with Crippen molar-refractivity contribution in [2.24, 2.45) is 17.1 Å². The van der Waals surface area contributed by atoms with E-state index < -0.39 is 0 Å². The van der Waals surface area contributed by atoms with E-state index in [0.29, 0.717) is 6.54 Å². The van der Waals surface area contributed by atoms with E-state index in [4.69, 9.17) is 18.0 Å². The van der Waals surface area contributed by atoms with Gasteiger partial charge >= 0.3 is 0 Å². The maximum atomic E-state index is 11.7. The SMILES string of the molecule is CC(C(=O)NCC1(C)CCN(C)CC1)C(N)=S. The van der Waals surface area contributed by atoms with Gasteiger partial charge in [0.25, 0.3) is 0 Å². The molecule has 3 N–H and O–H groups in total. The first-order valence-corrected chi connectivity index (χ1v) is 6.50. The number of nitrogens with one attached hydrogen (secondary N) is 1. The topological polar surface area (TPSA) is 58.4 Å². The Hall–Kier alpha value is -0.680. The molecule has 98 valence electrons. The number of carbonyl (C=O) groups excluding carboxylic acids is 1. The lowest BCUT2D eigenvalue weighted by Gasteiger charge is -2.38. The zero-order chi connectivity index (χ0) is 13.1. The van der Waals surface area contributed by atoms with Crippen molar-refractivity contribution in [3.8, 4) is 0 Å². The minimum Gasteiger partial charge on any atom is -0.393 e. The Labute approximate surface area is 109 Å². The predicted octanol–water partition coefficient (Wildman–Crippen LogP) is 0.757. The summed E-state index contributed by atoms with van der Waals surface area (Å²) >= 11 is 4.82. The van der Waals surface area contributed by atoms with Crippen LogP contribution in [0.4, 0.5) is 0 Å². The number of rotatable bonds is 4. The summed E-state index contributed by atoms with van der Waals surface area (Å²) in [4.78, 5) is 14.3. The van der Waals surface area contributed by atoms with Crippen LogP contribution in [0.5, 0.6) is 0 Å².